The Morgan fingerprint density at radius 3 is 2.46 bits per heavy atom. The highest BCUT2D eigenvalue weighted by Gasteiger charge is 2.33. The predicted molar refractivity (Wildman–Crippen MR) is 91.8 cm³/mol. The van der Waals surface area contributed by atoms with Crippen LogP contribution in [0, 0.1) is 13.8 Å². The van der Waals surface area contributed by atoms with Gasteiger partial charge in [-0.1, -0.05) is 6.07 Å². The van der Waals surface area contributed by atoms with Crippen LogP contribution in [0.4, 0.5) is 13.2 Å². The van der Waals surface area contributed by atoms with Gasteiger partial charge in [-0.05, 0) is 37.6 Å². The van der Waals surface area contributed by atoms with Crippen molar-refractivity contribution in [2.75, 3.05) is 0 Å². The maximum atomic E-state index is 13.5. The monoisotopic (exact) mass is 363 g/mol. The lowest BCUT2D eigenvalue weighted by Gasteiger charge is -2.15. The Kier molecular flexibility index (Phi) is 4.86. The largest absolute Gasteiger partial charge is 0.416 e. The van der Waals surface area contributed by atoms with E-state index in [0.717, 1.165) is 23.0 Å². The van der Waals surface area contributed by atoms with Crippen molar-refractivity contribution in [2.24, 2.45) is 7.05 Å². The normalized spacial score (nSPS) is 11.9. The van der Waals surface area contributed by atoms with E-state index in [9.17, 15) is 13.2 Å². The summed E-state index contributed by atoms with van der Waals surface area (Å²) in [6.45, 7) is 4.19. The molecule has 3 aromatic rings. The van der Waals surface area contributed by atoms with Crippen LogP contribution in [0.2, 0.25) is 0 Å². The number of aromatic nitrogens is 4. The molecule has 2 heterocycles. The average Bonchev–Trinajstić information content (AvgIpc) is 3.11. The molecule has 138 valence electrons. The van der Waals surface area contributed by atoms with Crippen molar-refractivity contribution >= 4 is 0 Å². The molecular weight excluding hydrogens is 343 g/mol. The molecule has 8 heteroatoms. The molecule has 0 bridgehead atoms. The third-order valence-electron chi connectivity index (χ3n) is 4.06. The molecule has 0 aliphatic heterocycles. The number of hydrogen-bond acceptors (Lipinski definition) is 3. The number of benzene rings is 1. The van der Waals surface area contributed by atoms with Crippen molar-refractivity contribution in [3.05, 3.63) is 64.7 Å². The standard InChI is InChI=1S/C18H20F3N5/c1-12-6-13(2)26(24-12)16-5-4-15(17(7-16)18(19,20)21)10-22-8-14-9-23-25(3)11-14/h4-7,9,11,22H,8,10H2,1-3H3. The van der Waals surface area contributed by atoms with Gasteiger partial charge < -0.3 is 5.32 Å². The Labute approximate surface area is 149 Å². The fourth-order valence-electron chi connectivity index (χ4n) is 2.91. The lowest BCUT2D eigenvalue weighted by atomic mass is 10.1. The minimum Gasteiger partial charge on any atom is -0.308 e. The van der Waals surface area contributed by atoms with Crippen molar-refractivity contribution in [2.45, 2.75) is 33.1 Å². The molecule has 26 heavy (non-hydrogen) atoms. The molecule has 3 rings (SSSR count). The first-order valence-corrected chi connectivity index (χ1v) is 8.16. The molecule has 0 atom stereocenters. The molecule has 0 aliphatic rings. The number of nitrogens with one attached hydrogen (secondary N) is 1. The van der Waals surface area contributed by atoms with Crippen LogP contribution in [-0.4, -0.2) is 19.6 Å². The first kappa shape index (κ1) is 18.2. The van der Waals surface area contributed by atoms with Crippen LogP contribution < -0.4 is 5.32 Å². The van der Waals surface area contributed by atoms with E-state index in [1.54, 1.807) is 24.0 Å². The molecule has 0 fully saturated rings. The van der Waals surface area contributed by atoms with E-state index in [0.29, 0.717) is 12.2 Å². The number of halogens is 3. The number of aryl methyl sites for hydroxylation is 3. The van der Waals surface area contributed by atoms with E-state index in [1.807, 2.05) is 26.1 Å². The lowest BCUT2D eigenvalue weighted by molar-refractivity contribution is -0.138. The molecule has 0 amide bonds. The zero-order valence-electron chi connectivity index (χ0n) is 14.8. The van der Waals surface area contributed by atoms with Crippen LogP contribution in [0.15, 0.2) is 36.7 Å². The molecule has 1 N–H and O–H groups in total. The van der Waals surface area contributed by atoms with Gasteiger partial charge in [0.1, 0.15) is 0 Å². The Hall–Kier alpha value is -2.61. The first-order valence-electron chi connectivity index (χ1n) is 8.16. The highest BCUT2D eigenvalue weighted by atomic mass is 19.4. The fourth-order valence-corrected chi connectivity index (χ4v) is 2.91. The summed E-state index contributed by atoms with van der Waals surface area (Å²) in [6, 6.07) is 6.15. The second kappa shape index (κ2) is 6.95. The maximum Gasteiger partial charge on any atom is 0.416 e. The lowest BCUT2D eigenvalue weighted by Crippen LogP contribution is -2.18. The van der Waals surface area contributed by atoms with Crippen LogP contribution in [-0.2, 0) is 26.3 Å². The Bertz CT molecular complexity index is 908. The van der Waals surface area contributed by atoms with E-state index in [1.165, 1.54) is 10.7 Å². The van der Waals surface area contributed by atoms with Gasteiger partial charge in [0.05, 0.1) is 23.1 Å². The van der Waals surface area contributed by atoms with Crippen molar-refractivity contribution in [1.82, 2.24) is 24.9 Å². The van der Waals surface area contributed by atoms with Gasteiger partial charge in [-0.3, -0.25) is 4.68 Å². The average molecular weight is 363 g/mol. The zero-order chi connectivity index (χ0) is 18.9. The van der Waals surface area contributed by atoms with Crippen LogP contribution in [0.1, 0.15) is 28.1 Å². The van der Waals surface area contributed by atoms with Gasteiger partial charge in [-0.25, -0.2) is 4.68 Å². The van der Waals surface area contributed by atoms with Crippen molar-refractivity contribution in [3.63, 3.8) is 0 Å². The van der Waals surface area contributed by atoms with Crippen LogP contribution >= 0.6 is 0 Å². The number of hydrogen-bond donors (Lipinski definition) is 1. The van der Waals surface area contributed by atoms with Gasteiger partial charge >= 0.3 is 6.18 Å². The molecule has 2 aromatic heterocycles. The quantitative estimate of drug-likeness (QED) is 0.754. The van der Waals surface area contributed by atoms with Gasteiger partial charge in [0.15, 0.2) is 0 Å². The SMILES string of the molecule is Cc1cc(C)n(-c2ccc(CNCc3cnn(C)c3)c(C(F)(F)F)c2)n1. The van der Waals surface area contributed by atoms with Crippen molar-refractivity contribution < 1.29 is 13.2 Å². The summed E-state index contributed by atoms with van der Waals surface area (Å²) in [5.41, 5.74) is 2.42. The second-order valence-corrected chi connectivity index (χ2v) is 6.30. The molecular formula is C18H20F3N5. The summed E-state index contributed by atoms with van der Waals surface area (Å²) in [4.78, 5) is 0. The molecule has 0 saturated heterocycles. The van der Waals surface area contributed by atoms with E-state index in [-0.39, 0.29) is 12.1 Å². The van der Waals surface area contributed by atoms with E-state index >= 15 is 0 Å². The van der Waals surface area contributed by atoms with Crippen LogP contribution in [0.25, 0.3) is 5.69 Å². The van der Waals surface area contributed by atoms with Crippen LogP contribution in [0.5, 0.6) is 0 Å². The highest BCUT2D eigenvalue weighted by Crippen LogP contribution is 2.33. The van der Waals surface area contributed by atoms with E-state index in [2.05, 4.69) is 15.5 Å². The summed E-state index contributed by atoms with van der Waals surface area (Å²) in [6.07, 6.45) is -0.926. The van der Waals surface area contributed by atoms with Gasteiger partial charge in [0.2, 0.25) is 0 Å². The van der Waals surface area contributed by atoms with Gasteiger partial charge in [0.25, 0.3) is 0 Å². The van der Waals surface area contributed by atoms with E-state index < -0.39 is 11.7 Å². The molecule has 0 unspecified atom stereocenters. The molecule has 0 spiro atoms. The van der Waals surface area contributed by atoms with Crippen LogP contribution in [0.3, 0.4) is 0 Å². The second-order valence-electron chi connectivity index (χ2n) is 6.30. The minimum atomic E-state index is -4.43. The predicted octanol–water partition coefficient (Wildman–Crippen LogP) is 3.53. The summed E-state index contributed by atoms with van der Waals surface area (Å²) >= 11 is 0. The Morgan fingerprint density at radius 2 is 1.88 bits per heavy atom. The smallest absolute Gasteiger partial charge is 0.308 e. The van der Waals surface area contributed by atoms with Crippen molar-refractivity contribution in [3.8, 4) is 5.69 Å². The van der Waals surface area contributed by atoms with Gasteiger partial charge in [-0.15, -0.1) is 0 Å². The zero-order valence-corrected chi connectivity index (χ0v) is 14.8. The summed E-state index contributed by atoms with van der Waals surface area (Å²) in [5.74, 6) is 0. The number of alkyl halides is 3. The first-order chi connectivity index (χ1) is 12.2. The Morgan fingerprint density at radius 1 is 1.12 bits per heavy atom. The highest BCUT2D eigenvalue weighted by molar-refractivity contribution is 5.43. The molecule has 0 radical (unpaired) electrons. The molecule has 0 aliphatic carbocycles. The van der Waals surface area contributed by atoms with Gasteiger partial charge in [-0.2, -0.15) is 23.4 Å². The third kappa shape index (κ3) is 3.96. The Balaban J connectivity index is 1.84. The fraction of sp³-hybridized carbons (Fsp3) is 0.333. The maximum absolute atomic E-state index is 13.5. The van der Waals surface area contributed by atoms with Gasteiger partial charge in [0, 0.05) is 37.6 Å². The number of rotatable bonds is 5. The minimum absolute atomic E-state index is 0.112. The summed E-state index contributed by atoms with van der Waals surface area (Å²) < 4.78 is 43.8. The topological polar surface area (TPSA) is 47.7 Å². The number of nitrogens with zero attached hydrogens (tertiary/aromatic N) is 4. The molecule has 5 nitrogen and oxygen atoms in total. The van der Waals surface area contributed by atoms with Crippen molar-refractivity contribution in [1.29, 1.82) is 0 Å². The summed E-state index contributed by atoms with van der Waals surface area (Å²) in [7, 11) is 1.79. The summed E-state index contributed by atoms with van der Waals surface area (Å²) in [5, 5.41) is 11.3. The molecule has 1 aromatic carbocycles. The van der Waals surface area contributed by atoms with E-state index in [4.69, 9.17) is 0 Å². The third-order valence-corrected chi connectivity index (χ3v) is 4.06. The molecule has 0 saturated carbocycles.